The predicted octanol–water partition coefficient (Wildman–Crippen LogP) is 3.96. The van der Waals surface area contributed by atoms with Gasteiger partial charge in [0, 0.05) is 10.9 Å². The molecule has 0 amide bonds. The lowest BCUT2D eigenvalue weighted by Crippen LogP contribution is -2.28. The fraction of sp³-hybridized carbons (Fsp3) is 0.400. The molecule has 0 atom stereocenters. The molecule has 0 spiro atoms. The summed E-state index contributed by atoms with van der Waals surface area (Å²) in [7, 11) is 0. The van der Waals surface area contributed by atoms with Gasteiger partial charge < -0.3 is 5.73 Å². The van der Waals surface area contributed by atoms with E-state index in [0.717, 1.165) is 17.1 Å². The van der Waals surface area contributed by atoms with Crippen LogP contribution < -0.4 is 5.73 Å². The van der Waals surface area contributed by atoms with Gasteiger partial charge >= 0.3 is 0 Å². The van der Waals surface area contributed by atoms with Gasteiger partial charge in [-0.25, -0.2) is 4.98 Å². The summed E-state index contributed by atoms with van der Waals surface area (Å²) in [6, 6.07) is 8.68. The smallest absolute Gasteiger partial charge is 0.123 e. The number of aryl methyl sites for hydroxylation is 1. The summed E-state index contributed by atoms with van der Waals surface area (Å²) in [6.07, 6.45) is 2.32. The van der Waals surface area contributed by atoms with Gasteiger partial charge in [-0.15, -0.1) is 11.3 Å². The first-order valence-corrected chi connectivity index (χ1v) is 7.23. The second kappa shape index (κ2) is 5.21. The Morgan fingerprint density at radius 3 is 2.39 bits per heavy atom. The third-order valence-corrected chi connectivity index (χ3v) is 3.80. The first-order chi connectivity index (χ1) is 8.50. The largest absolute Gasteiger partial charge is 0.321 e. The molecule has 0 saturated carbocycles. The van der Waals surface area contributed by atoms with Gasteiger partial charge in [-0.1, -0.05) is 37.6 Å². The third kappa shape index (κ3) is 2.98. The Bertz CT molecular complexity index is 506. The van der Waals surface area contributed by atoms with Crippen molar-refractivity contribution in [2.75, 3.05) is 0 Å². The summed E-state index contributed by atoms with van der Waals surface area (Å²) in [5.74, 6) is 0. The maximum Gasteiger partial charge on any atom is 0.123 e. The van der Waals surface area contributed by atoms with E-state index < -0.39 is 0 Å². The lowest BCUT2D eigenvalue weighted by molar-refractivity contribution is 0.539. The van der Waals surface area contributed by atoms with Gasteiger partial charge in [0.2, 0.25) is 0 Å². The minimum atomic E-state index is -0.364. The van der Waals surface area contributed by atoms with E-state index in [0.29, 0.717) is 0 Å². The molecule has 0 saturated heterocycles. The Labute approximate surface area is 113 Å². The molecule has 0 aliphatic carbocycles. The highest BCUT2D eigenvalue weighted by molar-refractivity contribution is 7.13. The molecule has 1 aromatic heterocycles. The number of nitrogens with two attached hydrogens (primary N) is 1. The van der Waals surface area contributed by atoms with Gasteiger partial charge in [-0.2, -0.15) is 0 Å². The number of benzene rings is 1. The molecule has 2 rings (SSSR count). The van der Waals surface area contributed by atoms with Gasteiger partial charge in [-0.3, -0.25) is 0 Å². The van der Waals surface area contributed by atoms with Crippen LogP contribution in [-0.4, -0.2) is 4.98 Å². The molecule has 0 aliphatic rings. The highest BCUT2D eigenvalue weighted by Gasteiger charge is 2.18. The molecule has 1 heterocycles. The Morgan fingerprint density at radius 1 is 1.22 bits per heavy atom. The number of aromatic nitrogens is 1. The summed E-state index contributed by atoms with van der Waals surface area (Å²) in [5, 5.41) is 3.10. The lowest BCUT2D eigenvalue weighted by Gasteiger charge is -2.14. The highest BCUT2D eigenvalue weighted by Crippen LogP contribution is 2.27. The fourth-order valence-corrected chi connectivity index (χ4v) is 2.81. The van der Waals surface area contributed by atoms with E-state index in [2.05, 4.69) is 41.6 Å². The molecule has 0 unspecified atom stereocenters. The summed E-state index contributed by atoms with van der Waals surface area (Å²) in [6.45, 7) is 6.16. The summed E-state index contributed by atoms with van der Waals surface area (Å²) < 4.78 is 0. The van der Waals surface area contributed by atoms with Crippen molar-refractivity contribution in [3.8, 4) is 10.6 Å². The Balaban J connectivity index is 2.23. The van der Waals surface area contributed by atoms with E-state index >= 15 is 0 Å². The van der Waals surface area contributed by atoms with Crippen molar-refractivity contribution in [2.24, 2.45) is 5.73 Å². The highest BCUT2D eigenvalue weighted by atomic mass is 32.1. The minimum absolute atomic E-state index is 0.364. The zero-order valence-corrected chi connectivity index (χ0v) is 12.1. The van der Waals surface area contributed by atoms with E-state index in [-0.39, 0.29) is 5.54 Å². The molecule has 0 bridgehead atoms. The summed E-state index contributed by atoms with van der Waals surface area (Å²) >= 11 is 1.66. The van der Waals surface area contributed by atoms with Crippen molar-refractivity contribution >= 4 is 11.3 Å². The van der Waals surface area contributed by atoms with Crippen LogP contribution in [0.15, 0.2) is 29.6 Å². The molecule has 3 heteroatoms. The monoisotopic (exact) mass is 260 g/mol. The Hall–Kier alpha value is -1.19. The van der Waals surface area contributed by atoms with Crippen LogP contribution in [0.2, 0.25) is 0 Å². The van der Waals surface area contributed by atoms with Crippen molar-refractivity contribution in [3.63, 3.8) is 0 Å². The number of hydrogen-bond donors (Lipinski definition) is 1. The number of rotatable bonds is 4. The third-order valence-electron chi connectivity index (χ3n) is 2.90. The molecule has 2 nitrogen and oxygen atoms in total. The summed E-state index contributed by atoms with van der Waals surface area (Å²) in [5.41, 5.74) is 9.21. The predicted molar refractivity (Wildman–Crippen MR) is 78.8 cm³/mol. The van der Waals surface area contributed by atoms with E-state index in [9.17, 15) is 0 Å². The standard InChI is InChI=1S/C15H20N2S/c1-4-5-11-6-8-12(9-7-11)14-17-13(10-18-14)15(2,3)16/h6-10H,4-5,16H2,1-3H3. The van der Waals surface area contributed by atoms with Crippen LogP contribution in [0.3, 0.4) is 0 Å². The van der Waals surface area contributed by atoms with Gasteiger partial charge in [0.05, 0.1) is 11.2 Å². The average Bonchev–Trinajstić information content (AvgIpc) is 2.79. The maximum atomic E-state index is 6.06. The number of thiazole rings is 1. The van der Waals surface area contributed by atoms with Crippen molar-refractivity contribution in [1.82, 2.24) is 4.98 Å². The second-order valence-corrected chi connectivity index (χ2v) is 6.06. The molecular weight excluding hydrogens is 240 g/mol. The second-order valence-electron chi connectivity index (χ2n) is 5.21. The van der Waals surface area contributed by atoms with Crippen LogP contribution in [0, 0.1) is 0 Å². The van der Waals surface area contributed by atoms with Gasteiger partial charge in [0.15, 0.2) is 0 Å². The molecule has 18 heavy (non-hydrogen) atoms. The molecule has 2 aromatic rings. The lowest BCUT2D eigenvalue weighted by atomic mass is 10.0. The number of nitrogens with zero attached hydrogens (tertiary/aromatic N) is 1. The first kappa shape index (κ1) is 13.2. The van der Waals surface area contributed by atoms with E-state index in [1.807, 2.05) is 13.8 Å². The maximum absolute atomic E-state index is 6.06. The Morgan fingerprint density at radius 2 is 1.89 bits per heavy atom. The number of hydrogen-bond acceptors (Lipinski definition) is 3. The van der Waals surface area contributed by atoms with Crippen molar-refractivity contribution in [1.29, 1.82) is 0 Å². The van der Waals surface area contributed by atoms with E-state index in [1.165, 1.54) is 17.5 Å². The van der Waals surface area contributed by atoms with Gasteiger partial charge in [0.25, 0.3) is 0 Å². The molecule has 0 radical (unpaired) electrons. The Kier molecular flexibility index (Phi) is 3.83. The van der Waals surface area contributed by atoms with Crippen LogP contribution in [0.1, 0.15) is 38.4 Å². The van der Waals surface area contributed by atoms with Crippen LogP contribution in [0.4, 0.5) is 0 Å². The van der Waals surface area contributed by atoms with Crippen molar-refractivity contribution < 1.29 is 0 Å². The van der Waals surface area contributed by atoms with Crippen molar-refractivity contribution in [3.05, 3.63) is 40.9 Å². The molecule has 0 aliphatic heterocycles. The van der Waals surface area contributed by atoms with E-state index in [1.54, 1.807) is 11.3 Å². The van der Waals surface area contributed by atoms with Crippen LogP contribution in [-0.2, 0) is 12.0 Å². The van der Waals surface area contributed by atoms with Crippen molar-refractivity contribution in [2.45, 2.75) is 39.2 Å². The molecule has 96 valence electrons. The molecule has 0 fully saturated rings. The fourth-order valence-electron chi connectivity index (χ4n) is 1.80. The quantitative estimate of drug-likeness (QED) is 0.903. The zero-order chi connectivity index (χ0) is 13.2. The molecular formula is C15H20N2S. The van der Waals surface area contributed by atoms with Crippen LogP contribution in [0.25, 0.3) is 10.6 Å². The SMILES string of the molecule is CCCc1ccc(-c2nc(C(C)(C)N)cs2)cc1. The summed E-state index contributed by atoms with van der Waals surface area (Å²) in [4.78, 5) is 4.62. The minimum Gasteiger partial charge on any atom is -0.321 e. The van der Waals surface area contributed by atoms with Crippen LogP contribution in [0.5, 0.6) is 0 Å². The topological polar surface area (TPSA) is 38.9 Å². The van der Waals surface area contributed by atoms with Gasteiger partial charge in [0.1, 0.15) is 5.01 Å². The molecule has 2 N–H and O–H groups in total. The first-order valence-electron chi connectivity index (χ1n) is 6.35. The van der Waals surface area contributed by atoms with Gasteiger partial charge in [-0.05, 0) is 25.8 Å². The van der Waals surface area contributed by atoms with E-state index in [4.69, 9.17) is 5.73 Å². The normalized spacial score (nSPS) is 11.8. The van der Waals surface area contributed by atoms with Crippen LogP contribution >= 0.6 is 11.3 Å². The average molecular weight is 260 g/mol. The zero-order valence-electron chi connectivity index (χ0n) is 11.2. The molecule has 1 aromatic carbocycles.